The third-order valence-corrected chi connectivity index (χ3v) is 3.52. The van der Waals surface area contributed by atoms with Gasteiger partial charge in [-0.3, -0.25) is 4.68 Å². The van der Waals surface area contributed by atoms with Crippen molar-refractivity contribution in [2.45, 2.75) is 45.6 Å². The zero-order chi connectivity index (χ0) is 12.5. The van der Waals surface area contributed by atoms with Crippen LogP contribution in [0.1, 0.15) is 38.8 Å². The van der Waals surface area contributed by atoms with Crippen LogP contribution in [0.25, 0.3) is 0 Å². The van der Waals surface area contributed by atoms with Crippen LogP contribution in [0.3, 0.4) is 0 Å². The van der Waals surface area contributed by atoms with Crippen molar-refractivity contribution >= 4 is 0 Å². The first-order chi connectivity index (χ1) is 7.96. The summed E-state index contributed by atoms with van der Waals surface area (Å²) in [5.41, 5.74) is 2.87. The third-order valence-electron chi connectivity index (χ3n) is 3.52. The number of hydrogen-bond donors (Lipinski definition) is 1. The van der Waals surface area contributed by atoms with Crippen molar-refractivity contribution in [3.05, 3.63) is 29.6 Å². The topological polar surface area (TPSA) is 38.0 Å². The first-order valence-corrected chi connectivity index (χ1v) is 6.31. The van der Waals surface area contributed by atoms with E-state index in [1.807, 2.05) is 24.0 Å². The van der Waals surface area contributed by atoms with Crippen molar-refractivity contribution in [1.82, 2.24) is 9.78 Å². The van der Waals surface area contributed by atoms with Gasteiger partial charge in [-0.25, -0.2) is 0 Å². The highest BCUT2D eigenvalue weighted by Gasteiger charge is 2.27. The number of aliphatic hydroxyl groups is 1. The zero-order valence-electron chi connectivity index (χ0n) is 11.0. The molecule has 0 saturated heterocycles. The molecule has 0 spiro atoms. The molecule has 1 atom stereocenters. The van der Waals surface area contributed by atoms with Gasteiger partial charge in [0.1, 0.15) is 0 Å². The highest BCUT2D eigenvalue weighted by Crippen LogP contribution is 2.36. The molecule has 3 nitrogen and oxygen atoms in total. The molecule has 17 heavy (non-hydrogen) atoms. The molecule has 0 aromatic carbocycles. The third kappa shape index (κ3) is 3.19. The van der Waals surface area contributed by atoms with Crippen molar-refractivity contribution < 1.29 is 5.11 Å². The van der Waals surface area contributed by atoms with Gasteiger partial charge in [-0.1, -0.05) is 25.5 Å². The molecule has 1 aliphatic carbocycles. The maximum absolute atomic E-state index is 9.83. The van der Waals surface area contributed by atoms with Gasteiger partial charge in [0.2, 0.25) is 0 Å². The molecule has 1 aromatic heterocycles. The maximum Gasteiger partial charge on any atom is 0.0728 e. The average molecular weight is 234 g/mol. The molecule has 0 fully saturated rings. The fourth-order valence-electron chi connectivity index (χ4n) is 2.75. The van der Waals surface area contributed by atoms with Gasteiger partial charge in [-0.2, -0.15) is 5.10 Å². The van der Waals surface area contributed by atoms with E-state index in [1.54, 1.807) is 0 Å². The Morgan fingerprint density at radius 2 is 2.24 bits per heavy atom. The lowest BCUT2D eigenvalue weighted by Gasteiger charge is -2.32. The van der Waals surface area contributed by atoms with Gasteiger partial charge in [-0.15, -0.1) is 0 Å². The normalized spacial score (nSPS) is 23.5. The van der Waals surface area contributed by atoms with Crippen LogP contribution >= 0.6 is 0 Å². The Morgan fingerprint density at radius 3 is 2.82 bits per heavy atom. The maximum atomic E-state index is 9.83. The van der Waals surface area contributed by atoms with Gasteiger partial charge in [0.05, 0.1) is 6.10 Å². The standard InChI is InChI=1S/C14H22N2O/c1-14(2)9-11(8-13(17)10-14)4-5-12-6-7-15-16(12)3/h6-8,13,17H,4-5,9-10H2,1-3H3. The molecule has 0 radical (unpaired) electrons. The minimum atomic E-state index is -0.264. The van der Waals surface area contributed by atoms with E-state index in [9.17, 15) is 5.11 Å². The summed E-state index contributed by atoms with van der Waals surface area (Å²) in [6.07, 6.45) is 7.63. The second-order valence-corrected chi connectivity index (χ2v) is 5.88. The molecular weight excluding hydrogens is 212 g/mol. The van der Waals surface area contributed by atoms with E-state index in [0.717, 1.165) is 25.7 Å². The van der Waals surface area contributed by atoms with Crippen molar-refractivity contribution in [3.63, 3.8) is 0 Å². The Morgan fingerprint density at radius 1 is 1.47 bits per heavy atom. The predicted octanol–water partition coefficient (Wildman–Crippen LogP) is 2.46. The van der Waals surface area contributed by atoms with Crippen LogP contribution in [0.5, 0.6) is 0 Å². The van der Waals surface area contributed by atoms with E-state index in [2.05, 4.69) is 25.0 Å². The van der Waals surface area contributed by atoms with Crippen LogP contribution in [0.4, 0.5) is 0 Å². The lowest BCUT2D eigenvalue weighted by atomic mass is 9.75. The van der Waals surface area contributed by atoms with Crippen molar-refractivity contribution in [2.24, 2.45) is 12.5 Å². The molecule has 1 unspecified atom stereocenters. The van der Waals surface area contributed by atoms with E-state index in [0.29, 0.717) is 0 Å². The largest absolute Gasteiger partial charge is 0.389 e. The summed E-state index contributed by atoms with van der Waals surface area (Å²) in [6.45, 7) is 4.46. The summed E-state index contributed by atoms with van der Waals surface area (Å²) in [4.78, 5) is 0. The van der Waals surface area contributed by atoms with E-state index >= 15 is 0 Å². The van der Waals surface area contributed by atoms with Crippen LogP contribution < -0.4 is 0 Å². The highest BCUT2D eigenvalue weighted by molar-refractivity contribution is 5.15. The van der Waals surface area contributed by atoms with Crippen LogP contribution in [0, 0.1) is 5.41 Å². The van der Waals surface area contributed by atoms with Crippen molar-refractivity contribution in [1.29, 1.82) is 0 Å². The first kappa shape index (κ1) is 12.4. The molecule has 0 bridgehead atoms. The predicted molar refractivity (Wildman–Crippen MR) is 68.6 cm³/mol. The Labute approximate surface area is 103 Å². The van der Waals surface area contributed by atoms with Crippen LogP contribution in [0.15, 0.2) is 23.9 Å². The van der Waals surface area contributed by atoms with Crippen LogP contribution in [-0.2, 0) is 13.5 Å². The number of rotatable bonds is 3. The number of aromatic nitrogens is 2. The number of aliphatic hydroxyl groups excluding tert-OH is 1. The van der Waals surface area contributed by atoms with Gasteiger partial charge in [0, 0.05) is 18.9 Å². The van der Waals surface area contributed by atoms with Crippen LogP contribution in [0.2, 0.25) is 0 Å². The Kier molecular flexibility index (Phi) is 3.38. The minimum Gasteiger partial charge on any atom is -0.389 e. The van der Waals surface area contributed by atoms with Gasteiger partial charge < -0.3 is 5.11 Å². The molecule has 94 valence electrons. The van der Waals surface area contributed by atoms with E-state index < -0.39 is 0 Å². The van der Waals surface area contributed by atoms with E-state index in [-0.39, 0.29) is 11.5 Å². The quantitative estimate of drug-likeness (QED) is 0.816. The number of allylic oxidation sites excluding steroid dienone is 1. The second kappa shape index (κ2) is 4.65. The molecule has 0 aliphatic heterocycles. The van der Waals surface area contributed by atoms with Gasteiger partial charge in [-0.05, 0) is 37.2 Å². The first-order valence-electron chi connectivity index (χ1n) is 6.31. The summed E-state index contributed by atoms with van der Waals surface area (Å²) >= 11 is 0. The van der Waals surface area contributed by atoms with Gasteiger partial charge >= 0.3 is 0 Å². The summed E-state index contributed by atoms with van der Waals surface area (Å²) in [5.74, 6) is 0. The fourth-order valence-corrected chi connectivity index (χ4v) is 2.75. The fraction of sp³-hybridized carbons (Fsp3) is 0.643. The molecule has 2 rings (SSSR count). The molecule has 0 saturated carbocycles. The minimum absolute atomic E-state index is 0.232. The molecule has 1 aromatic rings. The molecule has 3 heteroatoms. The average Bonchev–Trinajstić information content (AvgIpc) is 2.58. The molecule has 1 aliphatic rings. The molecule has 0 amide bonds. The highest BCUT2D eigenvalue weighted by atomic mass is 16.3. The number of nitrogens with zero attached hydrogens (tertiary/aromatic N) is 2. The lowest BCUT2D eigenvalue weighted by molar-refractivity contribution is 0.137. The lowest BCUT2D eigenvalue weighted by Crippen LogP contribution is -2.25. The van der Waals surface area contributed by atoms with Gasteiger partial charge in [0.25, 0.3) is 0 Å². The van der Waals surface area contributed by atoms with E-state index in [4.69, 9.17) is 0 Å². The molecular formula is C14H22N2O. The second-order valence-electron chi connectivity index (χ2n) is 5.88. The Hall–Kier alpha value is -1.09. The van der Waals surface area contributed by atoms with Crippen molar-refractivity contribution in [2.75, 3.05) is 0 Å². The van der Waals surface area contributed by atoms with E-state index in [1.165, 1.54) is 11.3 Å². The number of hydrogen-bond acceptors (Lipinski definition) is 2. The monoisotopic (exact) mass is 234 g/mol. The van der Waals surface area contributed by atoms with Crippen molar-refractivity contribution in [3.8, 4) is 0 Å². The SMILES string of the molecule is Cn1nccc1CCC1=CC(O)CC(C)(C)C1. The summed E-state index contributed by atoms with van der Waals surface area (Å²) in [5, 5.41) is 14.0. The molecule has 1 N–H and O–H groups in total. The van der Waals surface area contributed by atoms with Crippen LogP contribution in [-0.4, -0.2) is 21.0 Å². The smallest absolute Gasteiger partial charge is 0.0728 e. The Bertz CT molecular complexity index is 418. The summed E-state index contributed by atoms with van der Waals surface area (Å²) < 4.78 is 1.92. The number of aryl methyl sites for hydroxylation is 2. The van der Waals surface area contributed by atoms with Gasteiger partial charge in [0.15, 0.2) is 0 Å². The zero-order valence-corrected chi connectivity index (χ0v) is 11.0. The molecule has 1 heterocycles. The summed E-state index contributed by atoms with van der Waals surface area (Å²) in [6, 6.07) is 2.06. The summed E-state index contributed by atoms with van der Waals surface area (Å²) in [7, 11) is 1.98. The Balaban J connectivity index is 1.98.